The number of ether oxygens (including phenoxy) is 2. The van der Waals surface area contributed by atoms with Crippen molar-refractivity contribution in [1.29, 1.82) is 0 Å². The summed E-state index contributed by atoms with van der Waals surface area (Å²) in [4.78, 5) is 23.5. The van der Waals surface area contributed by atoms with E-state index in [4.69, 9.17) is 14.6 Å². The molecule has 1 aromatic rings. The first kappa shape index (κ1) is 19.1. The Morgan fingerprint density at radius 3 is 1.83 bits per heavy atom. The third kappa shape index (κ3) is 5.31. The number of carbonyl (C=O) groups excluding carboxylic acids is 2. The Kier molecular flexibility index (Phi) is 7.67. The minimum atomic E-state index is -0.857. The lowest BCUT2D eigenvalue weighted by Gasteiger charge is -2.27. The number of aliphatic hydroxyl groups is 3. The highest BCUT2D eigenvalue weighted by Crippen LogP contribution is 2.21. The molecule has 0 heterocycles. The molecule has 0 atom stereocenters. The summed E-state index contributed by atoms with van der Waals surface area (Å²) >= 11 is 0. The predicted molar refractivity (Wildman–Crippen MR) is 81.0 cm³/mol. The first-order valence-electron chi connectivity index (χ1n) is 7.29. The van der Waals surface area contributed by atoms with Gasteiger partial charge in [-0.3, -0.25) is 0 Å². The SMILES string of the molecule is CCC(CO)(CO)COC(=O)c1ccc(C(=O)OCCO)cc1. The molecule has 23 heavy (non-hydrogen) atoms. The van der Waals surface area contributed by atoms with E-state index in [-0.39, 0.29) is 44.2 Å². The van der Waals surface area contributed by atoms with Crippen molar-refractivity contribution in [2.75, 3.05) is 33.0 Å². The number of hydrogen-bond donors (Lipinski definition) is 3. The number of carbonyl (C=O) groups is 2. The molecule has 7 nitrogen and oxygen atoms in total. The van der Waals surface area contributed by atoms with Crippen LogP contribution >= 0.6 is 0 Å². The number of hydrogen-bond acceptors (Lipinski definition) is 7. The summed E-state index contributed by atoms with van der Waals surface area (Å²) < 4.78 is 9.88. The van der Waals surface area contributed by atoms with Gasteiger partial charge in [0.2, 0.25) is 0 Å². The van der Waals surface area contributed by atoms with Crippen LogP contribution in [-0.4, -0.2) is 60.3 Å². The average molecular weight is 326 g/mol. The molecule has 0 aliphatic heterocycles. The van der Waals surface area contributed by atoms with Crippen molar-refractivity contribution in [3.05, 3.63) is 35.4 Å². The van der Waals surface area contributed by atoms with Gasteiger partial charge >= 0.3 is 11.9 Å². The molecule has 0 aliphatic rings. The van der Waals surface area contributed by atoms with Crippen LogP contribution in [0, 0.1) is 5.41 Å². The summed E-state index contributed by atoms with van der Waals surface area (Å²) in [7, 11) is 0. The predicted octanol–water partition coefficient (Wildman–Crippen LogP) is 0.373. The number of aliphatic hydroxyl groups excluding tert-OH is 3. The molecule has 0 saturated carbocycles. The third-order valence-corrected chi connectivity index (χ3v) is 3.61. The monoisotopic (exact) mass is 326 g/mol. The Hall–Kier alpha value is -1.96. The van der Waals surface area contributed by atoms with E-state index in [9.17, 15) is 19.8 Å². The first-order valence-corrected chi connectivity index (χ1v) is 7.29. The Bertz CT molecular complexity index is 497. The molecular formula is C16H22O7. The molecule has 3 N–H and O–H groups in total. The fraction of sp³-hybridized carbons (Fsp3) is 0.500. The zero-order valence-corrected chi connectivity index (χ0v) is 13.0. The summed E-state index contributed by atoms with van der Waals surface area (Å²) in [5.74, 6) is -1.20. The van der Waals surface area contributed by atoms with E-state index in [2.05, 4.69) is 0 Å². The standard InChI is InChI=1S/C16H22O7/c1-2-16(9-18,10-19)11-23-15(21)13-5-3-12(4-6-13)14(20)22-8-7-17/h3-6,17-19H,2,7-11H2,1H3. The lowest BCUT2D eigenvalue weighted by Crippen LogP contribution is -2.35. The van der Waals surface area contributed by atoms with Gasteiger partial charge in [-0.2, -0.15) is 0 Å². The highest BCUT2D eigenvalue weighted by molar-refractivity contribution is 5.93. The minimum absolute atomic E-state index is 0.0932. The first-order chi connectivity index (χ1) is 11.0. The zero-order valence-electron chi connectivity index (χ0n) is 13.0. The van der Waals surface area contributed by atoms with Gasteiger partial charge in [0, 0.05) is 0 Å². The van der Waals surface area contributed by atoms with Crippen molar-refractivity contribution in [3.8, 4) is 0 Å². The number of esters is 2. The fourth-order valence-electron chi connectivity index (χ4n) is 1.73. The van der Waals surface area contributed by atoms with Crippen LogP contribution in [0.4, 0.5) is 0 Å². The van der Waals surface area contributed by atoms with Crippen LogP contribution in [0.25, 0.3) is 0 Å². The Balaban J connectivity index is 2.65. The summed E-state index contributed by atoms with van der Waals surface area (Å²) in [6.07, 6.45) is 0.461. The van der Waals surface area contributed by atoms with Crippen molar-refractivity contribution in [3.63, 3.8) is 0 Å². The molecule has 1 rings (SSSR count). The highest BCUT2D eigenvalue weighted by Gasteiger charge is 2.28. The van der Waals surface area contributed by atoms with E-state index >= 15 is 0 Å². The van der Waals surface area contributed by atoms with Gasteiger partial charge in [0.05, 0.1) is 36.4 Å². The molecular weight excluding hydrogens is 304 g/mol. The second-order valence-electron chi connectivity index (χ2n) is 5.18. The maximum absolute atomic E-state index is 12.0. The molecule has 0 bridgehead atoms. The van der Waals surface area contributed by atoms with Crippen LogP contribution in [-0.2, 0) is 9.47 Å². The lowest BCUT2D eigenvalue weighted by molar-refractivity contribution is -0.0177. The minimum Gasteiger partial charge on any atom is -0.461 e. The van der Waals surface area contributed by atoms with Crippen LogP contribution < -0.4 is 0 Å². The summed E-state index contributed by atoms with van der Waals surface area (Å²) in [6.45, 7) is 0.754. The van der Waals surface area contributed by atoms with E-state index in [0.717, 1.165) is 0 Å². The van der Waals surface area contributed by atoms with Crippen LogP contribution in [0.2, 0.25) is 0 Å². The van der Waals surface area contributed by atoms with Gasteiger partial charge in [-0.05, 0) is 30.7 Å². The molecule has 0 fully saturated rings. The molecule has 0 spiro atoms. The Morgan fingerprint density at radius 2 is 1.43 bits per heavy atom. The van der Waals surface area contributed by atoms with Crippen LogP contribution in [0.15, 0.2) is 24.3 Å². The van der Waals surface area contributed by atoms with E-state index in [1.165, 1.54) is 24.3 Å². The molecule has 0 radical (unpaired) electrons. The Morgan fingerprint density at radius 1 is 0.957 bits per heavy atom. The average Bonchev–Trinajstić information content (AvgIpc) is 2.61. The normalized spacial score (nSPS) is 11.1. The lowest BCUT2D eigenvalue weighted by atomic mass is 9.88. The third-order valence-electron chi connectivity index (χ3n) is 3.61. The summed E-state index contributed by atoms with van der Waals surface area (Å²) in [6, 6.07) is 5.68. The van der Waals surface area contributed by atoms with Crippen LogP contribution in [0.5, 0.6) is 0 Å². The maximum atomic E-state index is 12.0. The van der Waals surface area contributed by atoms with Crippen LogP contribution in [0.1, 0.15) is 34.1 Å². The summed E-state index contributed by atoms with van der Waals surface area (Å²) in [5.41, 5.74) is -0.364. The fourth-order valence-corrected chi connectivity index (χ4v) is 1.73. The van der Waals surface area contributed by atoms with Crippen molar-refractivity contribution in [2.24, 2.45) is 5.41 Å². The molecule has 0 saturated heterocycles. The largest absolute Gasteiger partial charge is 0.461 e. The van der Waals surface area contributed by atoms with E-state index in [1.54, 1.807) is 6.92 Å². The van der Waals surface area contributed by atoms with Gasteiger partial charge in [-0.25, -0.2) is 9.59 Å². The van der Waals surface area contributed by atoms with Crippen molar-refractivity contribution >= 4 is 11.9 Å². The van der Waals surface area contributed by atoms with Crippen molar-refractivity contribution in [1.82, 2.24) is 0 Å². The molecule has 0 aromatic heterocycles. The van der Waals surface area contributed by atoms with Gasteiger partial charge in [0.15, 0.2) is 0 Å². The summed E-state index contributed by atoms with van der Waals surface area (Å²) in [5, 5.41) is 27.2. The van der Waals surface area contributed by atoms with Gasteiger partial charge in [-0.15, -0.1) is 0 Å². The molecule has 1 aromatic carbocycles. The molecule has 0 aliphatic carbocycles. The van der Waals surface area contributed by atoms with Crippen molar-refractivity contribution in [2.45, 2.75) is 13.3 Å². The highest BCUT2D eigenvalue weighted by atomic mass is 16.5. The van der Waals surface area contributed by atoms with Gasteiger partial charge < -0.3 is 24.8 Å². The molecule has 0 amide bonds. The number of rotatable bonds is 9. The van der Waals surface area contributed by atoms with Crippen molar-refractivity contribution < 1.29 is 34.4 Å². The Labute approximate surface area is 134 Å². The van der Waals surface area contributed by atoms with E-state index < -0.39 is 17.4 Å². The smallest absolute Gasteiger partial charge is 0.338 e. The maximum Gasteiger partial charge on any atom is 0.338 e. The number of benzene rings is 1. The van der Waals surface area contributed by atoms with Gasteiger partial charge in [0.1, 0.15) is 13.2 Å². The second-order valence-corrected chi connectivity index (χ2v) is 5.18. The second kappa shape index (κ2) is 9.24. The van der Waals surface area contributed by atoms with Gasteiger partial charge in [0.25, 0.3) is 0 Å². The van der Waals surface area contributed by atoms with Gasteiger partial charge in [-0.1, -0.05) is 6.92 Å². The zero-order chi connectivity index (χ0) is 17.3. The molecule has 7 heteroatoms. The molecule has 0 unspecified atom stereocenters. The van der Waals surface area contributed by atoms with Crippen LogP contribution in [0.3, 0.4) is 0 Å². The van der Waals surface area contributed by atoms with E-state index in [1.807, 2.05) is 0 Å². The quantitative estimate of drug-likeness (QED) is 0.562. The van der Waals surface area contributed by atoms with E-state index in [0.29, 0.717) is 6.42 Å². The topological polar surface area (TPSA) is 113 Å². The molecule has 128 valence electrons.